The molecule has 6 heteroatoms. The minimum atomic E-state index is -0.230. The molecule has 2 aliphatic rings. The molecule has 0 radical (unpaired) electrons. The Labute approximate surface area is 169 Å². The second-order valence-corrected chi connectivity index (χ2v) is 7.70. The standard InChI is InChI=1S/C23H24FN5/c1-15-23-18-7-6-17(16-8-11-25-12-9-16)14-19(18)21(10-13-29(23)28-27-15)26-22-5-3-2-4-20(22)24/h2-8,14,21,25-26H,9-13H2,1H3. The minimum Gasteiger partial charge on any atom is -0.376 e. The topological polar surface area (TPSA) is 54.8 Å². The molecule has 0 bridgehead atoms. The Bertz CT molecular complexity index is 1080. The number of hydrogen-bond donors (Lipinski definition) is 2. The molecule has 1 atom stereocenters. The summed E-state index contributed by atoms with van der Waals surface area (Å²) in [5.74, 6) is -0.230. The highest BCUT2D eigenvalue weighted by molar-refractivity contribution is 5.74. The van der Waals surface area contributed by atoms with Crippen LogP contribution in [-0.4, -0.2) is 28.1 Å². The largest absolute Gasteiger partial charge is 0.376 e. The van der Waals surface area contributed by atoms with Crippen molar-refractivity contribution < 1.29 is 4.39 Å². The normalized spacial score (nSPS) is 18.4. The molecule has 0 saturated carbocycles. The lowest BCUT2D eigenvalue weighted by atomic mass is 9.90. The number of anilines is 1. The zero-order valence-electron chi connectivity index (χ0n) is 16.5. The average molecular weight is 389 g/mol. The number of nitrogens with one attached hydrogen (secondary N) is 2. The summed E-state index contributed by atoms with van der Waals surface area (Å²) in [5.41, 5.74) is 7.42. The van der Waals surface area contributed by atoms with Crippen LogP contribution in [0.2, 0.25) is 0 Å². The van der Waals surface area contributed by atoms with Crippen LogP contribution in [0.4, 0.5) is 10.1 Å². The molecule has 1 aromatic heterocycles. The Kier molecular flexibility index (Phi) is 4.64. The molecule has 3 heterocycles. The quantitative estimate of drug-likeness (QED) is 0.700. The van der Waals surface area contributed by atoms with Crippen LogP contribution in [0.25, 0.3) is 16.8 Å². The van der Waals surface area contributed by atoms with Gasteiger partial charge in [-0.15, -0.1) is 5.10 Å². The first-order chi connectivity index (χ1) is 14.2. The summed E-state index contributed by atoms with van der Waals surface area (Å²) in [6.07, 6.45) is 4.09. The summed E-state index contributed by atoms with van der Waals surface area (Å²) >= 11 is 0. The van der Waals surface area contributed by atoms with Crippen molar-refractivity contribution in [2.24, 2.45) is 0 Å². The monoisotopic (exact) mass is 389 g/mol. The molecule has 1 unspecified atom stereocenters. The minimum absolute atomic E-state index is 0.00901. The van der Waals surface area contributed by atoms with Crippen molar-refractivity contribution in [3.05, 3.63) is 71.2 Å². The maximum absolute atomic E-state index is 14.4. The number of benzene rings is 2. The lowest BCUT2D eigenvalue weighted by Gasteiger charge is -2.23. The molecule has 2 aromatic carbocycles. The third kappa shape index (κ3) is 3.34. The van der Waals surface area contributed by atoms with Gasteiger partial charge < -0.3 is 10.6 Å². The maximum Gasteiger partial charge on any atom is 0.146 e. The molecule has 29 heavy (non-hydrogen) atoms. The number of halogens is 1. The van der Waals surface area contributed by atoms with E-state index in [2.05, 4.69) is 45.2 Å². The van der Waals surface area contributed by atoms with Gasteiger partial charge in [0.1, 0.15) is 5.82 Å². The van der Waals surface area contributed by atoms with Crippen molar-refractivity contribution in [2.75, 3.05) is 18.4 Å². The van der Waals surface area contributed by atoms with Gasteiger partial charge in [0.05, 0.1) is 23.1 Å². The van der Waals surface area contributed by atoms with Gasteiger partial charge in [0.2, 0.25) is 0 Å². The molecule has 0 saturated heterocycles. The van der Waals surface area contributed by atoms with Gasteiger partial charge in [0.25, 0.3) is 0 Å². The lowest BCUT2D eigenvalue weighted by Crippen LogP contribution is -2.20. The van der Waals surface area contributed by atoms with E-state index in [4.69, 9.17) is 0 Å². The van der Waals surface area contributed by atoms with Gasteiger partial charge >= 0.3 is 0 Å². The van der Waals surface area contributed by atoms with Crippen LogP contribution < -0.4 is 10.6 Å². The van der Waals surface area contributed by atoms with Crippen molar-refractivity contribution in [3.63, 3.8) is 0 Å². The van der Waals surface area contributed by atoms with E-state index >= 15 is 0 Å². The molecule has 0 aliphatic carbocycles. The number of para-hydroxylation sites is 1. The van der Waals surface area contributed by atoms with Crippen molar-refractivity contribution in [1.82, 2.24) is 20.3 Å². The van der Waals surface area contributed by atoms with Crippen molar-refractivity contribution in [3.8, 4) is 11.3 Å². The van der Waals surface area contributed by atoms with E-state index in [0.717, 1.165) is 49.4 Å². The second kappa shape index (κ2) is 7.44. The van der Waals surface area contributed by atoms with Gasteiger partial charge in [0, 0.05) is 18.7 Å². The van der Waals surface area contributed by atoms with Crippen LogP contribution in [-0.2, 0) is 6.54 Å². The number of hydrogen-bond acceptors (Lipinski definition) is 4. The number of fused-ring (bicyclic) bond motifs is 3. The van der Waals surface area contributed by atoms with Crippen LogP contribution in [0.15, 0.2) is 48.5 Å². The number of rotatable bonds is 3. The van der Waals surface area contributed by atoms with Crippen LogP contribution >= 0.6 is 0 Å². The van der Waals surface area contributed by atoms with Crippen LogP contribution in [0.3, 0.4) is 0 Å². The van der Waals surface area contributed by atoms with E-state index in [1.165, 1.54) is 22.8 Å². The number of aryl methyl sites for hydroxylation is 2. The molecule has 5 nitrogen and oxygen atoms in total. The second-order valence-electron chi connectivity index (χ2n) is 7.70. The van der Waals surface area contributed by atoms with Crippen LogP contribution in [0.5, 0.6) is 0 Å². The third-order valence-electron chi connectivity index (χ3n) is 5.85. The lowest BCUT2D eigenvalue weighted by molar-refractivity contribution is 0.536. The zero-order valence-corrected chi connectivity index (χ0v) is 16.5. The molecule has 0 amide bonds. The first kappa shape index (κ1) is 18.1. The fourth-order valence-corrected chi connectivity index (χ4v) is 4.36. The molecule has 148 valence electrons. The Morgan fingerprint density at radius 2 is 2.10 bits per heavy atom. The van der Waals surface area contributed by atoms with E-state index in [1.54, 1.807) is 12.1 Å². The summed E-state index contributed by atoms with van der Waals surface area (Å²) in [4.78, 5) is 0. The highest BCUT2D eigenvalue weighted by atomic mass is 19.1. The van der Waals surface area contributed by atoms with Crippen molar-refractivity contribution >= 4 is 11.3 Å². The summed E-state index contributed by atoms with van der Waals surface area (Å²) in [5, 5.41) is 15.4. The summed E-state index contributed by atoms with van der Waals surface area (Å²) in [6, 6.07) is 13.5. The predicted molar refractivity (Wildman–Crippen MR) is 113 cm³/mol. The third-order valence-corrected chi connectivity index (χ3v) is 5.85. The Balaban J connectivity index is 1.62. The van der Waals surface area contributed by atoms with E-state index < -0.39 is 0 Å². The molecule has 0 spiro atoms. The first-order valence-electron chi connectivity index (χ1n) is 10.2. The van der Waals surface area contributed by atoms with E-state index in [0.29, 0.717) is 5.69 Å². The number of aromatic nitrogens is 3. The molecular formula is C23H24FN5. The van der Waals surface area contributed by atoms with Crippen LogP contribution in [0, 0.1) is 12.7 Å². The molecule has 2 N–H and O–H groups in total. The SMILES string of the molecule is Cc1nnn2c1-c1ccc(C3=CCNCC3)cc1C(Nc1ccccc1F)CC2. The van der Waals surface area contributed by atoms with Gasteiger partial charge in [-0.2, -0.15) is 0 Å². The summed E-state index contributed by atoms with van der Waals surface area (Å²) in [6.45, 7) is 4.63. The Hall–Kier alpha value is -2.99. The fraction of sp³-hybridized carbons (Fsp3) is 0.304. The highest BCUT2D eigenvalue weighted by Crippen LogP contribution is 2.39. The van der Waals surface area contributed by atoms with Crippen LogP contribution in [0.1, 0.15) is 35.7 Å². The van der Waals surface area contributed by atoms with Gasteiger partial charge in [-0.3, -0.25) is 0 Å². The van der Waals surface area contributed by atoms with Gasteiger partial charge in [-0.25, -0.2) is 9.07 Å². The molecule has 3 aromatic rings. The predicted octanol–water partition coefficient (Wildman–Crippen LogP) is 4.33. The van der Waals surface area contributed by atoms with E-state index in [1.807, 2.05) is 17.7 Å². The fourth-order valence-electron chi connectivity index (χ4n) is 4.36. The van der Waals surface area contributed by atoms with Crippen molar-refractivity contribution in [2.45, 2.75) is 32.4 Å². The van der Waals surface area contributed by atoms with E-state index in [-0.39, 0.29) is 11.9 Å². The van der Waals surface area contributed by atoms with Gasteiger partial charge in [-0.1, -0.05) is 35.6 Å². The maximum atomic E-state index is 14.4. The van der Waals surface area contributed by atoms with E-state index in [9.17, 15) is 4.39 Å². The zero-order chi connectivity index (χ0) is 19.8. The Morgan fingerprint density at radius 1 is 1.21 bits per heavy atom. The highest BCUT2D eigenvalue weighted by Gasteiger charge is 2.26. The summed E-state index contributed by atoms with van der Waals surface area (Å²) in [7, 11) is 0. The molecular weight excluding hydrogens is 365 g/mol. The first-order valence-corrected chi connectivity index (χ1v) is 10.2. The molecule has 2 aliphatic heterocycles. The Morgan fingerprint density at radius 3 is 2.93 bits per heavy atom. The molecule has 5 rings (SSSR count). The number of nitrogens with zero attached hydrogens (tertiary/aromatic N) is 3. The molecule has 0 fully saturated rings. The average Bonchev–Trinajstić information content (AvgIpc) is 3.05. The smallest absolute Gasteiger partial charge is 0.146 e. The van der Waals surface area contributed by atoms with Gasteiger partial charge in [-0.05, 0) is 61.2 Å². The van der Waals surface area contributed by atoms with Crippen molar-refractivity contribution in [1.29, 1.82) is 0 Å². The van der Waals surface area contributed by atoms with Gasteiger partial charge in [0.15, 0.2) is 0 Å². The summed E-state index contributed by atoms with van der Waals surface area (Å²) < 4.78 is 16.3.